The van der Waals surface area contributed by atoms with Gasteiger partial charge in [-0.25, -0.2) is 4.98 Å². The monoisotopic (exact) mass is 308 g/mol. The molecular weight excluding hydrogens is 288 g/mol. The number of rotatable bonds is 2. The van der Waals surface area contributed by atoms with Crippen molar-refractivity contribution >= 4 is 27.8 Å². The maximum atomic E-state index is 9.57. The number of anilines is 1. The molecule has 108 valence electrons. The van der Waals surface area contributed by atoms with Crippen LogP contribution in [0.5, 0.6) is 0 Å². The van der Waals surface area contributed by atoms with Crippen LogP contribution in [0.2, 0.25) is 0 Å². The molecule has 1 N–H and O–H groups in total. The van der Waals surface area contributed by atoms with Crippen molar-refractivity contribution in [2.45, 2.75) is 45.8 Å². The van der Waals surface area contributed by atoms with Crippen LogP contribution in [0.15, 0.2) is 11.4 Å². The van der Waals surface area contributed by atoms with Crippen molar-refractivity contribution in [2.75, 3.05) is 11.4 Å². The molecule has 0 bridgehead atoms. The van der Waals surface area contributed by atoms with Crippen LogP contribution in [0, 0.1) is 0 Å². The standard InChI is InChI=1S/C15H20N2OS2/c1-15(2,3)13-12(9-18)20-14(16-13)17-6-4-11-10(8-17)5-7-19-11/h5,7,18H,4,6,8-9H2,1-3H3. The fourth-order valence-corrected chi connectivity index (χ4v) is 4.62. The smallest absolute Gasteiger partial charge is 0.186 e. The Labute approximate surface area is 127 Å². The van der Waals surface area contributed by atoms with Crippen molar-refractivity contribution < 1.29 is 5.11 Å². The van der Waals surface area contributed by atoms with Crippen molar-refractivity contribution in [3.63, 3.8) is 0 Å². The molecule has 2 aromatic heterocycles. The minimum atomic E-state index is -0.0177. The van der Waals surface area contributed by atoms with Crippen molar-refractivity contribution in [1.29, 1.82) is 0 Å². The van der Waals surface area contributed by atoms with Crippen molar-refractivity contribution in [3.8, 4) is 0 Å². The Kier molecular flexibility index (Phi) is 3.60. The summed E-state index contributed by atoms with van der Waals surface area (Å²) in [6, 6.07) is 2.22. The lowest BCUT2D eigenvalue weighted by Crippen LogP contribution is -2.29. The summed E-state index contributed by atoms with van der Waals surface area (Å²) in [6.07, 6.45) is 1.10. The molecule has 0 atom stereocenters. The van der Waals surface area contributed by atoms with Crippen LogP contribution in [0.25, 0.3) is 0 Å². The number of nitrogens with zero attached hydrogens (tertiary/aromatic N) is 2. The van der Waals surface area contributed by atoms with Gasteiger partial charge in [-0.05, 0) is 23.4 Å². The molecular formula is C15H20N2OS2. The predicted molar refractivity (Wildman–Crippen MR) is 85.8 cm³/mol. The number of aliphatic hydroxyl groups excluding tert-OH is 1. The highest BCUT2D eigenvalue weighted by Crippen LogP contribution is 2.36. The van der Waals surface area contributed by atoms with Gasteiger partial charge < -0.3 is 10.0 Å². The Balaban J connectivity index is 1.90. The summed E-state index contributed by atoms with van der Waals surface area (Å²) >= 11 is 3.49. The van der Waals surface area contributed by atoms with E-state index in [1.807, 2.05) is 11.3 Å². The van der Waals surface area contributed by atoms with Gasteiger partial charge in [-0.3, -0.25) is 0 Å². The van der Waals surface area contributed by atoms with Crippen molar-refractivity contribution in [3.05, 3.63) is 32.5 Å². The highest BCUT2D eigenvalue weighted by atomic mass is 32.1. The molecule has 0 unspecified atom stereocenters. The Morgan fingerprint density at radius 2 is 2.20 bits per heavy atom. The van der Waals surface area contributed by atoms with Gasteiger partial charge in [0.1, 0.15) is 0 Å². The van der Waals surface area contributed by atoms with E-state index in [4.69, 9.17) is 4.98 Å². The fraction of sp³-hybridized carbons (Fsp3) is 0.533. The Bertz CT molecular complexity index is 610. The number of thiophene rings is 1. The normalized spacial score (nSPS) is 15.5. The summed E-state index contributed by atoms with van der Waals surface area (Å²) in [4.78, 5) is 9.68. The minimum absolute atomic E-state index is 0.0177. The summed E-state index contributed by atoms with van der Waals surface area (Å²) in [7, 11) is 0. The third-order valence-corrected chi connectivity index (χ3v) is 5.74. The van der Waals surface area contributed by atoms with E-state index in [1.54, 1.807) is 11.3 Å². The van der Waals surface area contributed by atoms with Crippen molar-refractivity contribution in [2.24, 2.45) is 0 Å². The second kappa shape index (κ2) is 5.13. The molecule has 0 aromatic carbocycles. The molecule has 5 heteroatoms. The van der Waals surface area contributed by atoms with Gasteiger partial charge in [0, 0.05) is 23.4 Å². The maximum absolute atomic E-state index is 9.57. The average Bonchev–Trinajstić information content (AvgIpc) is 3.03. The number of fused-ring (bicyclic) bond motifs is 1. The molecule has 3 nitrogen and oxygen atoms in total. The van der Waals surface area contributed by atoms with Gasteiger partial charge in [0.15, 0.2) is 5.13 Å². The van der Waals surface area contributed by atoms with Crippen molar-refractivity contribution in [1.82, 2.24) is 4.98 Å². The van der Waals surface area contributed by atoms with Gasteiger partial charge in [0.05, 0.1) is 17.2 Å². The third kappa shape index (κ3) is 2.50. The quantitative estimate of drug-likeness (QED) is 0.921. The number of aromatic nitrogens is 1. The van der Waals surface area contributed by atoms with Crippen LogP contribution in [0.4, 0.5) is 5.13 Å². The zero-order chi connectivity index (χ0) is 14.3. The lowest BCUT2D eigenvalue weighted by Gasteiger charge is -2.26. The van der Waals surface area contributed by atoms with Crippen LogP contribution in [-0.4, -0.2) is 16.6 Å². The van der Waals surface area contributed by atoms with E-state index in [9.17, 15) is 5.11 Å². The third-order valence-electron chi connectivity index (χ3n) is 3.62. The van der Waals surface area contributed by atoms with E-state index < -0.39 is 0 Å². The van der Waals surface area contributed by atoms with Gasteiger partial charge in [-0.1, -0.05) is 32.1 Å². The molecule has 3 heterocycles. The first-order chi connectivity index (χ1) is 9.49. The number of aliphatic hydroxyl groups is 1. The lowest BCUT2D eigenvalue weighted by atomic mass is 9.91. The van der Waals surface area contributed by atoms with E-state index in [-0.39, 0.29) is 12.0 Å². The lowest BCUT2D eigenvalue weighted by molar-refractivity contribution is 0.282. The summed E-state index contributed by atoms with van der Waals surface area (Å²) in [5.41, 5.74) is 2.45. The van der Waals surface area contributed by atoms with Gasteiger partial charge >= 0.3 is 0 Å². The molecule has 0 amide bonds. The first-order valence-electron chi connectivity index (χ1n) is 6.90. The molecule has 0 fully saturated rings. The average molecular weight is 308 g/mol. The van der Waals surface area contributed by atoms with Crippen LogP contribution >= 0.6 is 22.7 Å². The van der Waals surface area contributed by atoms with Gasteiger partial charge in [0.2, 0.25) is 0 Å². The second-order valence-corrected chi connectivity index (χ2v) is 8.28. The largest absolute Gasteiger partial charge is 0.391 e. The van der Waals surface area contributed by atoms with Crippen LogP contribution in [0.1, 0.15) is 41.8 Å². The highest BCUT2D eigenvalue weighted by Gasteiger charge is 2.26. The number of hydrogen-bond donors (Lipinski definition) is 1. The maximum Gasteiger partial charge on any atom is 0.186 e. The molecule has 0 radical (unpaired) electrons. The van der Waals surface area contributed by atoms with Gasteiger partial charge in [-0.15, -0.1) is 11.3 Å². The SMILES string of the molecule is CC(C)(C)c1nc(N2CCc3sccc3C2)sc1CO. The number of thiazole rings is 1. The second-order valence-electron chi connectivity index (χ2n) is 6.22. The summed E-state index contributed by atoms with van der Waals surface area (Å²) in [5.74, 6) is 0. The Hall–Kier alpha value is -0.910. The topological polar surface area (TPSA) is 36.4 Å². The predicted octanol–water partition coefficient (Wildman–Crippen LogP) is 3.56. The molecule has 2 aromatic rings. The van der Waals surface area contributed by atoms with Gasteiger partial charge in [-0.2, -0.15) is 0 Å². The van der Waals surface area contributed by atoms with E-state index in [0.29, 0.717) is 0 Å². The van der Waals surface area contributed by atoms with Gasteiger partial charge in [0.25, 0.3) is 0 Å². The Morgan fingerprint density at radius 3 is 2.85 bits per heavy atom. The van der Waals surface area contributed by atoms with E-state index in [0.717, 1.165) is 35.2 Å². The zero-order valence-electron chi connectivity index (χ0n) is 12.1. The number of hydrogen-bond acceptors (Lipinski definition) is 5. The molecule has 0 aliphatic carbocycles. The minimum Gasteiger partial charge on any atom is -0.391 e. The molecule has 20 heavy (non-hydrogen) atoms. The van der Waals surface area contributed by atoms with E-state index in [1.165, 1.54) is 10.4 Å². The summed E-state index contributed by atoms with van der Waals surface area (Å²) < 4.78 is 0. The van der Waals surface area contributed by atoms with Crippen LogP contribution < -0.4 is 4.90 Å². The van der Waals surface area contributed by atoms with E-state index in [2.05, 4.69) is 37.1 Å². The molecule has 1 aliphatic heterocycles. The zero-order valence-corrected chi connectivity index (χ0v) is 13.8. The fourth-order valence-electron chi connectivity index (χ4n) is 2.58. The Morgan fingerprint density at radius 1 is 1.40 bits per heavy atom. The summed E-state index contributed by atoms with van der Waals surface area (Å²) in [5, 5.41) is 12.8. The van der Waals surface area contributed by atoms with E-state index >= 15 is 0 Å². The highest BCUT2D eigenvalue weighted by molar-refractivity contribution is 7.15. The van der Waals surface area contributed by atoms with Crippen LogP contribution in [-0.2, 0) is 25.0 Å². The first kappa shape index (κ1) is 14.0. The first-order valence-corrected chi connectivity index (χ1v) is 8.60. The molecule has 0 saturated carbocycles. The molecule has 0 saturated heterocycles. The molecule has 0 spiro atoms. The van der Waals surface area contributed by atoms with Crippen LogP contribution in [0.3, 0.4) is 0 Å². The molecule has 1 aliphatic rings. The summed E-state index contributed by atoms with van der Waals surface area (Å²) in [6.45, 7) is 8.51. The molecule has 3 rings (SSSR count).